The fraction of sp³-hybridized carbons (Fsp3) is 0.636. The van der Waals surface area contributed by atoms with Crippen LogP contribution in [0.2, 0.25) is 0 Å². The van der Waals surface area contributed by atoms with Crippen LogP contribution in [0.5, 0.6) is 0 Å². The molecule has 5 nitrogen and oxygen atoms in total. The Morgan fingerprint density at radius 3 is 2.81 bits per heavy atom. The number of nitrogens with two attached hydrogens (primary N) is 1. The van der Waals surface area contributed by atoms with E-state index in [1.165, 1.54) is 19.3 Å². The van der Waals surface area contributed by atoms with Gasteiger partial charge in [0.05, 0.1) is 0 Å². The van der Waals surface area contributed by atoms with Crippen LogP contribution in [0.15, 0.2) is 6.33 Å². The SMILES string of the molecule is Cc1c(NN)ncnc1N(C)CC1CCC1. The Morgan fingerprint density at radius 2 is 2.25 bits per heavy atom. The third-order valence-corrected chi connectivity index (χ3v) is 3.31. The van der Waals surface area contributed by atoms with Crippen LogP contribution in [0, 0.1) is 12.8 Å². The molecule has 1 aliphatic rings. The van der Waals surface area contributed by atoms with Crippen molar-refractivity contribution in [3.8, 4) is 0 Å². The molecule has 0 unspecified atom stereocenters. The summed E-state index contributed by atoms with van der Waals surface area (Å²) in [7, 11) is 2.08. The lowest BCUT2D eigenvalue weighted by Gasteiger charge is -2.31. The summed E-state index contributed by atoms with van der Waals surface area (Å²) in [6.45, 7) is 3.06. The number of nitrogen functional groups attached to an aromatic ring is 1. The maximum absolute atomic E-state index is 5.40. The summed E-state index contributed by atoms with van der Waals surface area (Å²) in [5.74, 6) is 7.89. The summed E-state index contributed by atoms with van der Waals surface area (Å²) >= 11 is 0. The van der Waals surface area contributed by atoms with Gasteiger partial charge in [-0.05, 0) is 25.7 Å². The molecule has 0 aromatic carbocycles. The Balaban J connectivity index is 2.11. The van der Waals surface area contributed by atoms with Gasteiger partial charge in [0.1, 0.15) is 18.0 Å². The fourth-order valence-corrected chi connectivity index (χ4v) is 2.12. The van der Waals surface area contributed by atoms with E-state index in [4.69, 9.17) is 5.84 Å². The Morgan fingerprint density at radius 1 is 1.50 bits per heavy atom. The third kappa shape index (κ3) is 2.09. The van der Waals surface area contributed by atoms with Crippen LogP contribution in [0.3, 0.4) is 0 Å². The van der Waals surface area contributed by atoms with Crippen molar-refractivity contribution in [3.05, 3.63) is 11.9 Å². The minimum absolute atomic E-state index is 0.699. The molecule has 1 saturated carbocycles. The maximum atomic E-state index is 5.40. The molecule has 1 aliphatic carbocycles. The molecule has 0 amide bonds. The molecule has 1 aromatic heterocycles. The first-order valence-corrected chi connectivity index (χ1v) is 5.71. The van der Waals surface area contributed by atoms with E-state index in [-0.39, 0.29) is 0 Å². The molecule has 16 heavy (non-hydrogen) atoms. The number of nitrogens with zero attached hydrogens (tertiary/aromatic N) is 3. The summed E-state index contributed by atoms with van der Waals surface area (Å²) in [4.78, 5) is 10.6. The first-order chi connectivity index (χ1) is 7.72. The molecule has 0 atom stereocenters. The van der Waals surface area contributed by atoms with Crippen LogP contribution in [-0.2, 0) is 0 Å². The van der Waals surface area contributed by atoms with Gasteiger partial charge in [0.15, 0.2) is 0 Å². The number of anilines is 2. The molecule has 5 heteroatoms. The van der Waals surface area contributed by atoms with E-state index in [0.29, 0.717) is 5.82 Å². The van der Waals surface area contributed by atoms with Gasteiger partial charge in [-0.2, -0.15) is 0 Å². The zero-order valence-electron chi connectivity index (χ0n) is 9.90. The van der Waals surface area contributed by atoms with E-state index in [2.05, 4.69) is 27.3 Å². The third-order valence-electron chi connectivity index (χ3n) is 3.31. The standard InChI is InChI=1S/C11H19N5/c1-8-10(15-12)13-7-14-11(8)16(2)6-9-4-3-5-9/h7,9H,3-6,12H2,1-2H3,(H,13,14,15). The highest BCUT2D eigenvalue weighted by Gasteiger charge is 2.20. The van der Waals surface area contributed by atoms with Crippen molar-refractivity contribution in [3.63, 3.8) is 0 Å². The second kappa shape index (κ2) is 4.65. The average Bonchev–Trinajstić information content (AvgIpc) is 2.23. The van der Waals surface area contributed by atoms with E-state index < -0.39 is 0 Å². The first kappa shape index (κ1) is 11.1. The highest BCUT2D eigenvalue weighted by Crippen LogP contribution is 2.29. The lowest BCUT2D eigenvalue weighted by Crippen LogP contribution is -2.30. The van der Waals surface area contributed by atoms with E-state index in [1.807, 2.05) is 6.92 Å². The molecule has 0 bridgehead atoms. The van der Waals surface area contributed by atoms with Crippen LogP contribution in [0.4, 0.5) is 11.6 Å². The molecule has 1 heterocycles. The average molecular weight is 221 g/mol. The Hall–Kier alpha value is -1.36. The van der Waals surface area contributed by atoms with Crippen molar-refractivity contribution in [2.45, 2.75) is 26.2 Å². The maximum Gasteiger partial charge on any atom is 0.148 e. The van der Waals surface area contributed by atoms with Gasteiger partial charge >= 0.3 is 0 Å². The molecular formula is C11H19N5. The topological polar surface area (TPSA) is 67.1 Å². The molecule has 0 saturated heterocycles. The largest absolute Gasteiger partial charge is 0.359 e. The summed E-state index contributed by atoms with van der Waals surface area (Å²) < 4.78 is 0. The Bertz CT molecular complexity index is 361. The highest BCUT2D eigenvalue weighted by atomic mass is 15.3. The van der Waals surface area contributed by atoms with Gasteiger partial charge in [0.25, 0.3) is 0 Å². The van der Waals surface area contributed by atoms with Crippen molar-refractivity contribution in [1.29, 1.82) is 0 Å². The monoisotopic (exact) mass is 221 g/mol. The summed E-state index contributed by atoms with van der Waals surface area (Å²) in [5, 5.41) is 0. The van der Waals surface area contributed by atoms with E-state index in [0.717, 1.165) is 23.8 Å². The fourth-order valence-electron chi connectivity index (χ4n) is 2.12. The van der Waals surface area contributed by atoms with Gasteiger partial charge in [-0.3, -0.25) is 0 Å². The second-order valence-electron chi connectivity index (χ2n) is 4.49. The predicted molar refractivity (Wildman–Crippen MR) is 65.2 cm³/mol. The first-order valence-electron chi connectivity index (χ1n) is 5.71. The van der Waals surface area contributed by atoms with Gasteiger partial charge in [-0.15, -0.1) is 0 Å². The zero-order chi connectivity index (χ0) is 11.5. The lowest BCUT2D eigenvalue weighted by molar-refractivity contribution is 0.321. The quantitative estimate of drug-likeness (QED) is 0.592. The second-order valence-corrected chi connectivity index (χ2v) is 4.49. The molecule has 1 aromatic rings. The van der Waals surface area contributed by atoms with Gasteiger partial charge in [-0.1, -0.05) is 6.42 Å². The van der Waals surface area contributed by atoms with Crippen molar-refractivity contribution in [1.82, 2.24) is 9.97 Å². The van der Waals surface area contributed by atoms with E-state index in [1.54, 1.807) is 6.33 Å². The number of hydrogen-bond donors (Lipinski definition) is 2. The molecule has 0 radical (unpaired) electrons. The lowest BCUT2D eigenvalue weighted by atomic mass is 9.85. The van der Waals surface area contributed by atoms with Crippen LogP contribution in [0.1, 0.15) is 24.8 Å². The molecule has 1 fully saturated rings. The molecule has 0 aliphatic heterocycles. The molecule has 2 rings (SSSR count). The van der Waals surface area contributed by atoms with Crippen molar-refractivity contribution in [2.24, 2.45) is 11.8 Å². The number of aromatic nitrogens is 2. The Kier molecular flexibility index (Phi) is 3.24. The van der Waals surface area contributed by atoms with Gasteiger partial charge < -0.3 is 10.3 Å². The summed E-state index contributed by atoms with van der Waals surface area (Å²) in [5.41, 5.74) is 3.60. The van der Waals surface area contributed by atoms with Crippen LogP contribution < -0.4 is 16.2 Å². The Labute approximate surface area is 96.0 Å². The molecular weight excluding hydrogens is 202 g/mol. The summed E-state index contributed by atoms with van der Waals surface area (Å²) in [6, 6.07) is 0. The van der Waals surface area contributed by atoms with Crippen molar-refractivity contribution in [2.75, 3.05) is 23.9 Å². The van der Waals surface area contributed by atoms with Crippen LogP contribution >= 0.6 is 0 Å². The highest BCUT2D eigenvalue weighted by molar-refractivity contribution is 5.56. The number of nitrogens with one attached hydrogen (secondary N) is 1. The van der Waals surface area contributed by atoms with Crippen LogP contribution in [0.25, 0.3) is 0 Å². The molecule has 88 valence electrons. The van der Waals surface area contributed by atoms with Gasteiger partial charge in [0.2, 0.25) is 0 Å². The van der Waals surface area contributed by atoms with Gasteiger partial charge in [-0.25, -0.2) is 15.8 Å². The minimum Gasteiger partial charge on any atom is -0.359 e. The molecule has 3 N–H and O–H groups in total. The smallest absolute Gasteiger partial charge is 0.148 e. The zero-order valence-corrected chi connectivity index (χ0v) is 9.90. The predicted octanol–water partition coefficient (Wildman–Crippen LogP) is 1.31. The number of hydrazine groups is 1. The minimum atomic E-state index is 0.699. The van der Waals surface area contributed by atoms with E-state index in [9.17, 15) is 0 Å². The number of rotatable bonds is 4. The number of hydrogen-bond acceptors (Lipinski definition) is 5. The van der Waals surface area contributed by atoms with Crippen molar-refractivity contribution < 1.29 is 0 Å². The van der Waals surface area contributed by atoms with Crippen molar-refractivity contribution >= 4 is 11.6 Å². The van der Waals surface area contributed by atoms with Crippen LogP contribution in [-0.4, -0.2) is 23.6 Å². The van der Waals surface area contributed by atoms with E-state index >= 15 is 0 Å². The normalized spacial score (nSPS) is 15.7. The molecule has 0 spiro atoms. The summed E-state index contributed by atoms with van der Waals surface area (Å²) in [6.07, 6.45) is 5.61. The van der Waals surface area contributed by atoms with Gasteiger partial charge in [0, 0.05) is 19.2 Å².